The van der Waals surface area contributed by atoms with Crippen LogP contribution in [-0.4, -0.2) is 18.3 Å². The van der Waals surface area contributed by atoms with Crippen molar-refractivity contribution >= 4 is 11.6 Å². The van der Waals surface area contributed by atoms with Gasteiger partial charge >= 0.3 is 0 Å². The average molecular weight is 250 g/mol. The van der Waals surface area contributed by atoms with Crippen molar-refractivity contribution in [3.8, 4) is 11.3 Å². The van der Waals surface area contributed by atoms with E-state index in [-0.39, 0.29) is 0 Å². The molecule has 2 rings (SSSR count). The van der Waals surface area contributed by atoms with Crippen molar-refractivity contribution in [2.45, 2.75) is 13.5 Å². The van der Waals surface area contributed by atoms with Gasteiger partial charge < -0.3 is 9.30 Å². The molecule has 1 aromatic heterocycles. The highest BCUT2D eigenvalue weighted by Gasteiger charge is 2.07. The zero-order chi connectivity index (χ0) is 12.3. The summed E-state index contributed by atoms with van der Waals surface area (Å²) < 4.78 is 7.38. The van der Waals surface area contributed by atoms with E-state index in [0.717, 1.165) is 17.1 Å². The molecule has 1 heterocycles. The number of ether oxygens (including phenoxy) is 1. The lowest BCUT2D eigenvalue weighted by Crippen LogP contribution is -2.07. The van der Waals surface area contributed by atoms with E-state index in [2.05, 4.69) is 29.7 Å². The molecule has 0 aliphatic rings. The fourth-order valence-corrected chi connectivity index (χ4v) is 2.14. The number of rotatable bonds is 4. The van der Waals surface area contributed by atoms with Gasteiger partial charge in [0.05, 0.1) is 6.61 Å². The molecule has 0 unspecified atom stereocenters. The largest absolute Gasteiger partial charge is 0.383 e. The van der Waals surface area contributed by atoms with Crippen LogP contribution in [0.15, 0.2) is 36.4 Å². The number of aryl methyl sites for hydroxylation is 1. The second-order valence-corrected chi connectivity index (χ2v) is 4.45. The Hall–Kier alpha value is -1.25. The van der Waals surface area contributed by atoms with Crippen molar-refractivity contribution in [3.63, 3.8) is 0 Å². The molecule has 0 spiro atoms. The molecular weight excluding hydrogens is 234 g/mol. The minimum Gasteiger partial charge on any atom is -0.383 e. The molecule has 0 fully saturated rings. The number of nitrogens with zero attached hydrogens (tertiary/aromatic N) is 1. The highest BCUT2D eigenvalue weighted by Crippen LogP contribution is 2.24. The van der Waals surface area contributed by atoms with Crippen LogP contribution in [0.1, 0.15) is 5.69 Å². The molecule has 3 heteroatoms. The van der Waals surface area contributed by atoms with Crippen LogP contribution in [0.5, 0.6) is 0 Å². The van der Waals surface area contributed by atoms with Crippen molar-refractivity contribution in [1.29, 1.82) is 0 Å². The molecule has 0 bridgehead atoms. The first-order chi connectivity index (χ1) is 8.22. The molecule has 2 aromatic rings. The molecule has 0 N–H and O–H groups in total. The molecule has 0 radical (unpaired) electrons. The Morgan fingerprint density at radius 1 is 1.24 bits per heavy atom. The fraction of sp³-hybridized carbons (Fsp3) is 0.286. The summed E-state index contributed by atoms with van der Waals surface area (Å²) in [4.78, 5) is 0. The zero-order valence-corrected chi connectivity index (χ0v) is 10.9. The maximum absolute atomic E-state index is 6.02. The lowest BCUT2D eigenvalue weighted by Gasteiger charge is -2.11. The van der Waals surface area contributed by atoms with Crippen molar-refractivity contribution in [2.24, 2.45) is 0 Å². The third-order valence-electron chi connectivity index (χ3n) is 2.84. The summed E-state index contributed by atoms with van der Waals surface area (Å²) >= 11 is 6.02. The summed E-state index contributed by atoms with van der Waals surface area (Å²) in [6.45, 7) is 3.67. The Morgan fingerprint density at radius 3 is 2.76 bits per heavy atom. The smallest absolute Gasteiger partial charge is 0.0642 e. The summed E-state index contributed by atoms with van der Waals surface area (Å²) in [7, 11) is 1.72. The second-order valence-electron chi connectivity index (χ2n) is 4.01. The number of aromatic nitrogens is 1. The molecule has 0 saturated heterocycles. The topological polar surface area (TPSA) is 14.2 Å². The molecule has 17 heavy (non-hydrogen) atoms. The Kier molecular flexibility index (Phi) is 3.87. The van der Waals surface area contributed by atoms with E-state index in [1.54, 1.807) is 7.11 Å². The van der Waals surface area contributed by atoms with Gasteiger partial charge in [-0.3, -0.25) is 0 Å². The number of methoxy groups -OCH3 is 1. The standard InChI is InChI=1S/C14H16ClNO/c1-11-6-7-14(16(11)8-9-17-2)12-4-3-5-13(15)10-12/h3-7,10H,8-9H2,1-2H3. The Morgan fingerprint density at radius 2 is 2.06 bits per heavy atom. The molecule has 0 atom stereocenters. The highest BCUT2D eigenvalue weighted by atomic mass is 35.5. The van der Waals surface area contributed by atoms with Gasteiger partial charge in [0.2, 0.25) is 0 Å². The van der Waals surface area contributed by atoms with E-state index in [1.807, 2.05) is 18.2 Å². The van der Waals surface area contributed by atoms with Gasteiger partial charge in [0, 0.05) is 30.1 Å². The summed E-state index contributed by atoms with van der Waals surface area (Å²) in [5, 5.41) is 0.764. The minimum atomic E-state index is 0.711. The van der Waals surface area contributed by atoms with Crippen LogP contribution in [0.4, 0.5) is 0 Å². The maximum atomic E-state index is 6.02. The molecule has 1 aromatic carbocycles. The number of benzene rings is 1. The van der Waals surface area contributed by atoms with Crippen LogP contribution >= 0.6 is 11.6 Å². The lowest BCUT2D eigenvalue weighted by atomic mass is 10.1. The van der Waals surface area contributed by atoms with Crippen molar-refractivity contribution in [2.75, 3.05) is 13.7 Å². The summed E-state index contributed by atoms with van der Waals surface area (Å²) in [5.74, 6) is 0. The number of hydrogen-bond acceptors (Lipinski definition) is 1. The van der Waals surface area contributed by atoms with Crippen LogP contribution in [-0.2, 0) is 11.3 Å². The molecule has 0 aliphatic heterocycles. The molecule has 0 aliphatic carbocycles. The number of hydrogen-bond donors (Lipinski definition) is 0. The van der Waals surface area contributed by atoms with E-state index in [4.69, 9.17) is 16.3 Å². The predicted molar refractivity (Wildman–Crippen MR) is 71.5 cm³/mol. The van der Waals surface area contributed by atoms with Gasteiger partial charge in [-0.05, 0) is 36.8 Å². The van der Waals surface area contributed by atoms with E-state index in [9.17, 15) is 0 Å². The van der Waals surface area contributed by atoms with Gasteiger partial charge in [0.1, 0.15) is 0 Å². The third kappa shape index (κ3) is 2.71. The van der Waals surface area contributed by atoms with Crippen LogP contribution in [0.2, 0.25) is 5.02 Å². The van der Waals surface area contributed by atoms with E-state index in [1.165, 1.54) is 11.4 Å². The zero-order valence-electron chi connectivity index (χ0n) is 10.1. The van der Waals surface area contributed by atoms with Crippen molar-refractivity contribution in [3.05, 3.63) is 47.1 Å². The Labute approximate surface area is 107 Å². The van der Waals surface area contributed by atoms with Gasteiger partial charge in [-0.15, -0.1) is 0 Å². The summed E-state index contributed by atoms with van der Waals surface area (Å²) in [6, 6.07) is 12.2. The van der Waals surface area contributed by atoms with Crippen LogP contribution in [0.25, 0.3) is 11.3 Å². The molecule has 90 valence electrons. The molecule has 0 amide bonds. The fourth-order valence-electron chi connectivity index (χ4n) is 1.95. The third-order valence-corrected chi connectivity index (χ3v) is 3.07. The second kappa shape index (κ2) is 5.39. The Bertz CT molecular complexity index is 505. The normalized spacial score (nSPS) is 10.8. The summed E-state index contributed by atoms with van der Waals surface area (Å²) in [6.07, 6.45) is 0. The Balaban J connectivity index is 2.38. The first kappa shape index (κ1) is 12.2. The quantitative estimate of drug-likeness (QED) is 0.805. The van der Waals surface area contributed by atoms with Gasteiger partial charge in [-0.1, -0.05) is 23.7 Å². The summed E-state index contributed by atoms with van der Waals surface area (Å²) in [5.41, 5.74) is 3.56. The molecule has 2 nitrogen and oxygen atoms in total. The van der Waals surface area contributed by atoms with Crippen LogP contribution < -0.4 is 0 Å². The van der Waals surface area contributed by atoms with E-state index >= 15 is 0 Å². The molecular formula is C14H16ClNO. The van der Waals surface area contributed by atoms with Crippen LogP contribution in [0, 0.1) is 6.92 Å². The van der Waals surface area contributed by atoms with Gasteiger partial charge in [-0.25, -0.2) is 0 Å². The van der Waals surface area contributed by atoms with E-state index < -0.39 is 0 Å². The molecule has 0 saturated carbocycles. The SMILES string of the molecule is COCCn1c(C)ccc1-c1cccc(Cl)c1. The van der Waals surface area contributed by atoms with Crippen molar-refractivity contribution in [1.82, 2.24) is 4.57 Å². The van der Waals surface area contributed by atoms with E-state index in [0.29, 0.717) is 6.61 Å². The van der Waals surface area contributed by atoms with Gasteiger partial charge in [0.15, 0.2) is 0 Å². The van der Waals surface area contributed by atoms with Crippen molar-refractivity contribution < 1.29 is 4.74 Å². The predicted octanol–water partition coefficient (Wildman–Crippen LogP) is 3.76. The first-order valence-corrected chi connectivity index (χ1v) is 6.01. The maximum Gasteiger partial charge on any atom is 0.0642 e. The number of halogens is 1. The minimum absolute atomic E-state index is 0.711. The lowest BCUT2D eigenvalue weighted by molar-refractivity contribution is 0.187. The van der Waals surface area contributed by atoms with Gasteiger partial charge in [0.25, 0.3) is 0 Å². The van der Waals surface area contributed by atoms with Crippen LogP contribution in [0.3, 0.4) is 0 Å². The average Bonchev–Trinajstić information content (AvgIpc) is 2.68. The monoisotopic (exact) mass is 249 g/mol. The van der Waals surface area contributed by atoms with Gasteiger partial charge in [-0.2, -0.15) is 0 Å². The highest BCUT2D eigenvalue weighted by molar-refractivity contribution is 6.30. The first-order valence-electron chi connectivity index (χ1n) is 5.63.